The summed E-state index contributed by atoms with van der Waals surface area (Å²) in [7, 11) is 0. The highest BCUT2D eigenvalue weighted by Crippen LogP contribution is 2.18. The number of aromatic amines is 1. The predicted molar refractivity (Wildman–Crippen MR) is 69.1 cm³/mol. The fraction of sp³-hybridized carbons (Fsp3) is 0.231. The topological polar surface area (TPSA) is 67.0 Å². The summed E-state index contributed by atoms with van der Waals surface area (Å²) in [5, 5.41) is 2.76. The summed E-state index contributed by atoms with van der Waals surface area (Å²) in [5.74, 6) is -0.147. The van der Waals surface area contributed by atoms with Crippen molar-refractivity contribution in [1.29, 1.82) is 0 Å². The van der Waals surface area contributed by atoms with Crippen LogP contribution in [0.2, 0.25) is 0 Å². The highest BCUT2D eigenvalue weighted by molar-refractivity contribution is 5.91. The summed E-state index contributed by atoms with van der Waals surface area (Å²) < 4.78 is 5.02. The molecule has 0 spiro atoms. The van der Waals surface area contributed by atoms with E-state index in [1.807, 2.05) is 31.2 Å². The van der Waals surface area contributed by atoms with Gasteiger partial charge in [0.2, 0.25) is 5.91 Å². The second kappa shape index (κ2) is 5.97. The van der Waals surface area contributed by atoms with E-state index in [0.717, 1.165) is 16.9 Å². The minimum atomic E-state index is -0.147. The van der Waals surface area contributed by atoms with E-state index in [2.05, 4.69) is 15.3 Å². The Balaban J connectivity index is 1.98. The molecule has 0 fully saturated rings. The molecule has 1 aromatic heterocycles. The molecule has 5 nitrogen and oxygen atoms in total. The van der Waals surface area contributed by atoms with Crippen LogP contribution in [0.4, 0.5) is 5.69 Å². The number of anilines is 1. The van der Waals surface area contributed by atoms with E-state index < -0.39 is 0 Å². The van der Waals surface area contributed by atoms with Gasteiger partial charge >= 0.3 is 0 Å². The van der Waals surface area contributed by atoms with Crippen LogP contribution in [0, 0.1) is 0 Å². The highest BCUT2D eigenvalue weighted by Gasteiger charge is 2.03. The molecule has 0 aliphatic heterocycles. The molecule has 94 valence electrons. The van der Waals surface area contributed by atoms with Gasteiger partial charge in [0, 0.05) is 12.3 Å². The number of rotatable bonds is 5. The molecule has 18 heavy (non-hydrogen) atoms. The SMILES string of the molecule is CCOCC(=O)Nc1ccc(-c2cnc[nH]2)cc1. The number of imidazole rings is 1. The van der Waals surface area contributed by atoms with Crippen LogP contribution in [0.3, 0.4) is 0 Å². The van der Waals surface area contributed by atoms with E-state index in [-0.39, 0.29) is 12.5 Å². The van der Waals surface area contributed by atoms with Crippen molar-refractivity contribution in [2.75, 3.05) is 18.5 Å². The van der Waals surface area contributed by atoms with Gasteiger partial charge in [0.1, 0.15) is 6.61 Å². The normalized spacial score (nSPS) is 10.3. The van der Waals surface area contributed by atoms with E-state index in [1.165, 1.54) is 0 Å². The lowest BCUT2D eigenvalue weighted by atomic mass is 10.1. The number of nitrogens with one attached hydrogen (secondary N) is 2. The van der Waals surface area contributed by atoms with E-state index in [1.54, 1.807) is 12.5 Å². The van der Waals surface area contributed by atoms with Gasteiger partial charge in [-0.3, -0.25) is 4.79 Å². The number of benzene rings is 1. The van der Waals surface area contributed by atoms with Crippen molar-refractivity contribution in [3.8, 4) is 11.3 Å². The van der Waals surface area contributed by atoms with Crippen LogP contribution in [0.15, 0.2) is 36.8 Å². The van der Waals surface area contributed by atoms with E-state index in [4.69, 9.17) is 4.74 Å². The number of aromatic nitrogens is 2. The van der Waals surface area contributed by atoms with Gasteiger partial charge in [0.15, 0.2) is 0 Å². The molecule has 2 rings (SSSR count). The molecule has 2 aromatic rings. The monoisotopic (exact) mass is 245 g/mol. The maximum atomic E-state index is 11.4. The quantitative estimate of drug-likeness (QED) is 0.847. The smallest absolute Gasteiger partial charge is 0.250 e. The number of nitrogens with zero attached hydrogens (tertiary/aromatic N) is 1. The Bertz CT molecular complexity index is 491. The van der Waals surface area contributed by atoms with Crippen molar-refractivity contribution in [1.82, 2.24) is 9.97 Å². The van der Waals surface area contributed by atoms with Crippen molar-refractivity contribution in [2.45, 2.75) is 6.92 Å². The molecule has 0 aliphatic carbocycles. The summed E-state index contributed by atoms with van der Waals surface area (Å²) >= 11 is 0. The van der Waals surface area contributed by atoms with Crippen LogP contribution in [-0.2, 0) is 9.53 Å². The van der Waals surface area contributed by atoms with Crippen LogP contribution in [0.1, 0.15) is 6.92 Å². The fourth-order valence-corrected chi connectivity index (χ4v) is 1.54. The molecule has 0 atom stereocenters. The van der Waals surface area contributed by atoms with Gasteiger partial charge in [-0.2, -0.15) is 0 Å². The molecule has 1 amide bonds. The molecule has 1 aromatic carbocycles. The number of H-pyrrole nitrogens is 1. The first-order chi connectivity index (χ1) is 8.79. The first kappa shape index (κ1) is 12.3. The zero-order chi connectivity index (χ0) is 12.8. The number of carbonyl (C=O) groups excluding carboxylic acids is 1. The van der Waals surface area contributed by atoms with Crippen molar-refractivity contribution in [3.63, 3.8) is 0 Å². The Morgan fingerprint density at radius 3 is 2.78 bits per heavy atom. The zero-order valence-corrected chi connectivity index (χ0v) is 10.1. The van der Waals surface area contributed by atoms with Gasteiger partial charge in [-0.05, 0) is 24.6 Å². The van der Waals surface area contributed by atoms with Crippen molar-refractivity contribution >= 4 is 11.6 Å². The molecule has 0 radical (unpaired) electrons. The van der Waals surface area contributed by atoms with Crippen molar-refractivity contribution in [2.24, 2.45) is 0 Å². The predicted octanol–water partition coefficient (Wildman–Crippen LogP) is 2.05. The summed E-state index contributed by atoms with van der Waals surface area (Å²) in [6.45, 7) is 2.47. The van der Waals surface area contributed by atoms with Crippen LogP contribution < -0.4 is 5.32 Å². The minimum absolute atomic E-state index is 0.0821. The number of amides is 1. The Kier molecular flexibility index (Phi) is 4.09. The van der Waals surface area contributed by atoms with Crippen molar-refractivity contribution < 1.29 is 9.53 Å². The van der Waals surface area contributed by atoms with Crippen LogP contribution in [0.25, 0.3) is 11.3 Å². The van der Waals surface area contributed by atoms with Gasteiger partial charge < -0.3 is 15.0 Å². The Morgan fingerprint density at radius 2 is 2.17 bits per heavy atom. The zero-order valence-electron chi connectivity index (χ0n) is 10.1. The number of ether oxygens (including phenoxy) is 1. The minimum Gasteiger partial charge on any atom is -0.372 e. The average molecular weight is 245 g/mol. The molecule has 0 saturated carbocycles. The summed E-state index contributed by atoms with van der Waals surface area (Å²) in [4.78, 5) is 18.4. The highest BCUT2D eigenvalue weighted by atomic mass is 16.5. The average Bonchev–Trinajstić information content (AvgIpc) is 2.91. The lowest BCUT2D eigenvalue weighted by molar-refractivity contribution is -0.120. The third kappa shape index (κ3) is 3.18. The first-order valence-corrected chi connectivity index (χ1v) is 5.76. The Hall–Kier alpha value is -2.14. The van der Waals surface area contributed by atoms with Crippen LogP contribution in [0.5, 0.6) is 0 Å². The Morgan fingerprint density at radius 1 is 1.39 bits per heavy atom. The third-order valence-electron chi connectivity index (χ3n) is 2.42. The maximum Gasteiger partial charge on any atom is 0.250 e. The van der Waals surface area contributed by atoms with E-state index in [0.29, 0.717) is 6.61 Å². The summed E-state index contributed by atoms with van der Waals surface area (Å²) in [5.41, 5.74) is 2.72. The summed E-state index contributed by atoms with van der Waals surface area (Å²) in [6, 6.07) is 7.54. The molecule has 0 bridgehead atoms. The lowest BCUT2D eigenvalue weighted by Crippen LogP contribution is -2.18. The molecular formula is C13H15N3O2. The second-order valence-corrected chi connectivity index (χ2v) is 3.73. The molecule has 0 unspecified atom stereocenters. The van der Waals surface area contributed by atoms with Gasteiger partial charge in [-0.1, -0.05) is 12.1 Å². The molecule has 0 aliphatic rings. The van der Waals surface area contributed by atoms with Crippen LogP contribution >= 0.6 is 0 Å². The van der Waals surface area contributed by atoms with Crippen molar-refractivity contribution in [3.05, 3.63) is 36.8 Å². The molecule has 1 heterocycles. The number of hydrogen-bond acceptors (Lipinski definition) is 3. The maximum absolute atomic E-state index is 11.4. The molecule has 5 heteroatoms. The van der Waals surface area contributed by atoms with Gasteiger partial charge in [-0.25, -0.2) is 4.98 Å². The standard InChI is InChI=1S/C13H15N3O2/c1-2-18-8-13(17)16-11-5-3-10(4-6-11)12-7-14-9-15-12/h3-7,9H,2,8H2,1H3,(H,14,15)(H,16,17). The van der Waals surface area contributed by atoms with E-state index in [9.17, 15) is 4.79 Å². The molecular weight excluding hydrogens is 230 g/mol. The summed E-state index contributed by atoms with van der Waals surface area (Å²) in [6.07, 6.45) is 3.38. The molecule has 0 saturated heterocycles. The van der Waals surface area contributed by atoms with Gasteiger partial charge in [-0.15, -0.1) is 0 Å². The lowest BCUT2D eigenvalue weighted by Gasteiger charge is -2.05. The first-order valence-electron chi connectivity index (χ1n) is 5.76. The third-order valence-corrected chi connectivity index (χ3v) is 2.42. The van der Waals surface area contributed by atoms with E-state index >= 15 is 0 Å². The molecule has 2 N–H and O–H groups in total. The van der Waals surface area contributed by atoms with Gasteiger partial charge in [0.25, 0.3) is 0 Å². The fourth-order valence-electron chi connectivity index (χ4n) is 1.54. The van der Waals surface area contributed by atoms with Gasteiger partial charge in [0.05, 0.1) is 18.2 Å². The second-order valence-electron chi connectivity index (χ2n) is 3.73. The number of hydrogen-bond donors (Lipinski definition) is 2. The Labute approximate surface area is 105 Å². The number of carbonyl (C=O) groups is 1. The largest absolute Gasteiger partial charge is 0.372 e. The van der Waals surface area contributed by atoms with Crippen LogP contribution in [-0.4, -0.2) is 29.1 Å².